The summed E-state index contributed by atoms with van der Waals surface area (Å²) in [6, 6.07) is 9.70. The van der Waals surface area contributed by atoms with Crippen LogP contribution in [0.25, 0.3) is 0 Å². The second-order valence-corrected chi connectivity index (χ2v) is 4.02. The van der Waals surface area contributed by atoms with Gasteiger partial charge in [-0.1, -0.05) is 18.2 Å². The van der Waals surface area contributed by atoms with Crippen molar-refractivity contribution in [3.8, 4) is 5.88 Å². The summed E-state index contributed by atoms with van der Waals surface area (Å²) < 4.78 is 18.5. The molecule has 0 spiro atoms. The number of hydrogen-bond donors (Lipinski definition) is 2. The van der Waals surface area contributed by atoms with E-state index in [2.05, 4.69) is 15.6 Å². The van der Waals surface area contributed by atoms with Crippen LogP contribution in [0.5, 0.6) is 5.88 Å². The zero-order valence-corrected chi connectivity index (χ0v) is 10.5. The van der Waals surface area contributed by atoms with Crippen molar-refractivity contribution in [3.63, 3.8) is 0 Å². The average Bonchev–Trinajstić information content (AvgIpc) is 2.47. The maximum Gasteiger partial charge on any atom is 0.233 e. The molecule has 1 heterocycles. The topological polar surface area (TPSA) is 73.1 Å². The van der Waals surface area contributed by atoms with Gasteiger partial charge in [-0.15, -0.1) is 5.10 Å². The molecule has 6 heteroatoms. The standard InChI is InChI=1S/C13H15FN4O/c1-19-13-7-6-11(17-18-13)12(16-15)8-9-4-2-3-5-10(9)14/h2-7,12,16H,8,15H2,1H3. The molecule has 1 atom stereocenters. The van der Waals surface area contributed by atoms with Crippen LogP contribution in [0.3, 0.4) is 0 Å². The Hall–Kier alpha value is -2.05. The average molecular weight is 262 g/mol. The molecule has 1 unspecified atom stereocenters. The monoisotopic (exact) mass is 262 g/mol. The van der Waals surface area contributed by atoms with Crippen molar-refractivity contribution in [1.82, 2.24) is 15.6 Å². The van der Waals surface area contributed by atoms with E-state index in [1.165, 1.54) is 13.2 Å². The van der Waals surface area contributed by atoms with E-state index in [0.29, 0.717) is 23.6 Å². The van der Waals surface area contributed by atoms with Crippen LogP contribution in [0.4, 0.5) is 4.39 Å². The first-order valence-corrected chi connectivity index (χ1v) is 5.81. The Labute approximate surface area is 110 Å². The van der Waals surface area contributed by atoms with E-state index >= 15 is 0 Å². The first-order valence-electron chi connectivity index (χ1n) is 5.81. The van der Waals surface area contributed by atoms with Gasteiger partial charge < -0.3 is 4.74 Å². The van der Waals surface area contributed by atoms with Crippen molar-refractivity contribution < 1.29 is 9.13 Å². The fraction of sp³-hybridized carbons (Fsp3) is 0.231. The van der Waals surface area contributed by atoms with Gasteiger partial charge in [-0.05, 0) is 24.1 Å². The second-order valence-electron chi connectivity index (χ2n) is 4.02. The molecule has 2 rings (SSSR count). The normalized spacial score (nSPS) is 12.2. The van der Waals surface area contributed by atoms with Crippen molar-refractivity contribution in [2.24, 2.45) is 5.84 Å². The zero-order chi connectivity index (χ0) is 13.7. The van der Waals surface area contributed by atoms with Gasteiger partial charge in [0, 0.05) is 6.07 Å². The smallest absolute Gasteiger partial charge is 0.233 e. The summed E-state index contributed by atoms with van der Waals surface area (Å²) in [7, 11) is 1.52. The molecule has 0 saturated carbocycles. The van der Waals surface area contributed by atoms with Crippen LogP contribution in [-0.2, 0) is 6.42 Å². The molecule has 0 aliphatic rings. The Morgan fingerprint density at radius 1 is 1.26 bits per heavy atom. The number of aromatic nitrogens is 2. The molecule has 0 bridgehead atoms. The molecule has 5 nitrogen and oxygen atoms in total. The van der Waals surface area contributed by atoms with E-state index in [4.69, 9.17) is 10.6 Å². The number of halogens is 1. The highest BCUT2D eigenvalue weighted by Gasteiger charge is 2.15. The van der Waals surface area contributed by atoms with Gasteiger partial charge in [-0.2, -0.15) is 5.10 Å². The molecular weight excluding hydrogens is 247 g/mol. The highest BCUT2D eigenvalue weighted by molar-refractivity contribution is 5.21. The molecule has 19 heavy (non-hydrogen) atoms. The minimum absolute atomic E-state index is 0.260. The number of nitrogens with two attached hydrogens (primary N) is 1. The predicted octanol–water partition coefficient (Wildman–Crippen LogP) is 1.37. The lowest BCUT2D eigenvalue weighted by molar-refractivity contribution is 0.389. The first-order chi connectivity index (χ1) is 9.24. The summed E-state index contributed by atoms with van der Waals surface area (Å²) in [5.74, 6) is 5.66. The molecule has 0 aliphatic heterocycles. The van der Waals surface area contributed by atoms with E-state index in [0.717, 1.165) is 0 Å². The Kier molecular flexibility index (Phi) is 4.38. The van der Waals surface area contributed by atoms with E-state index in [1.54, 1.807) is 30.3 Å². The maximum atomic E-state index is 13.6. The van der Waals surface area contributed by atoms with E-state index < -0.39 is 0 Å². The lowest BCUT2D eigenvalue weighted by atomic mass is 10.0. The number of methoxy groups -OCH3 is 1. The van der Waals surface area contributed by atoms with Crippen molar-refractivity contribution in [2.75, 3.05) is 7.11 Å². The molecule has 0 amide bonds. The highest BCUT2D eigenvalue weighted by atomic mass is 19.1. The van der Waals surface area contributed by atoms with Gasteiger partial charge in [-0.3, -0.25) is 11.3 Å². The molecule has 2 aromatic rings. The summed E-state index contributed by atoms with van der Waals surface area (Å²) in [6.07, 6.45) is 0.393. The van der Waals surface area contributed by atoms with Crippen LogP contribution in [0.15, 0.2) is 36.4 Å². The SMILES string of the molecule is COc1ccc(C(Cc2ccccc2F)NN)nn1. The third-order valence-electron chi connectivity index (χ3n) is 2.81. The third kappa shape index (κ3) is 3.24. The Bertz CT molecular complexity index is 532. The molecular formula is C13H15FN4O. The number of ether oxygens (including phenoxy) is 1. The number of nitrogens with one attached hydrogen (secondary N) is 1. The van der Waals surface area contributed by atoms with Crippen LogP contribution in [0.1, 0.15) is 17.3 Å². The van der Waals surface area contributed by atoms with Crippen LogP contribution in [0.2, 0.25) is 0 Å². The van der Waals surface area contributed by atoms with Gasteiger partial charge >= 0.3 is 0 Å². The molecule has 1 aromatic carbocycles. The summed E-state index contributed by atoms with van der Waals surface area (Å²) in [5, 5.41) is 7.88. The number of hydrazine groups is 1. The van der Waals surface area contributed by atoms with Gasteiger partial charge in [0.1, 0.15) is 5.82 Å². The molecule has 0 saturated heterocycles. The molecule has 0 radical (unpaired) electrons. The van der Waals surface area contributed by atoms with Gasteiger partial charge in [-0.25, -0.2) is 4.39 Å². The van der Waals surface area contributed by atoms with Crippen LogP contribution < -0.4 is 16.0 Å². The molecule has 3 N–H and O–H groups in total. The van der Waals surface area contributed by atoms with Crippen molar-refractivity contribution >= 4 is 0 Å². The minimum Gasteiger partial charge on any atom is -0.480 e. The van der Waals surface area contributed by atoms with Crippen LogP contribution in [-0.4, -0.2) is 17.3 Å². The summed E-state index contributed by atoms with van der Waals surface area (Å²) in [4.78, 5) is 0. The Morgan fingerprint density at radius 2 is 2.05 bits per heavy atom. The van der Waals surface area contributed by atoms with Crippen LogP contribution >= 0.6 is 0 Å². The third-order valence-corrected chi connectivity index (χ3v) is 2.81. The van der Waals surface area contributed by atoms with Gasteiger partial charge in [0.05, 0.1) is 18.8 Å². The molecule has 100 valence electrons. The van der Waals surface area contributed by atoms with Gasteiger partial charge in [0.2, 0.25) is 5.88 Å². The fourth-order valence-corrected chi connectivity index (χ4v) is 1.76. The zero-order valence-electron chi connectivity index (χ0n) is 10.5. The predicted molar refractivity (Wildman–Crippen MR) is 68.8 cm³/mol. The maximum absolute atomic E-state index is 13.6. The number of hydrogen-bond acceptors (Lipinski definition) is 5. The Balaban J connectivity index is 2.17. The van der Waals surface area contributed by atoms with E-state index in [1.807, 2.05) is 0 Å². The summed E-state index contributed by atoms with van der Waals surface area (Å²) >= 11 is 0. The number of benzene rings is 1. The lowest BCUT2D eigenvalue weighted by Gasteiger charge is -2.15. The molecule has 0 fully saturated rings. The lowest BCUT2D eigenvalue weighted by Crippen LogP contribution is -2.30. The highest BCUT2D eigenvalue weighted by Crippen LogP contribution is 2.18. The molecule has 1 aromatic heterocycles. The second kappa shape index (κ2) is 6.21. The minimum atomic E-state index is -0.310. The number of nitrogens with zero attached hydrogens (tertiary/aromatic N) is 2. The van der Waals surface area contributed by atoms with Crippen LogP contribution in [0, 0.1) is 5.82 Å². The quantitative estimate of drug-likeness (QED) is 0.629. The first kappa shape index (κ1) is 13.4. The van der Waals surface area contributed by atoms with Gasteiger partial charge in [0.15, 0.2) is 0 Å². The summed E-state index contributed by atoms with van der Waals surface area (Å²) in [5.41, 5.74) is 3.82. The number of rotatable bonds is 5. The van der Waals surface area contributed by atoms with E-state index in [-0.39, 0.29) is 11.9 Å². The molecule has 0 aliphatic carbocycles. The van der Waals surface area contributed by atoms with E-state index in [9.17, 15) is 4.39 Å². The fourth-order valence-electron chi connectivity index (χ4n) is 1.76. The van der Waals surface area contributed by atoms with Crippen molar-refractivity contribution in [2.45, 2.75) is 12.5 Å². The summed E-state index contributed by atoms with van der Waals surface area (Å²) in [6.45, 7) is 0. The van der Waals surface area contributed by atoms with Crippen molar-refractivity contribution in [3.05, 3.63) is 53.5 Å². The Morgan fingerprint density at radius 3 is 2.63 bits per heavy atom. The largest absolute Gasteiger partial charge is 0.480 e. The van der Waals surface area contributed by atoms with Gasteiger partial charge in [0.25, 0.3) is 0 Å². The van der Waals surface area contributed by atoms with Crippen molar-refractivity contribution in [1.29, 1.82) is 0 Å².